The molecular formula is C31H45N3O6. The Bertz CT molecular complexity index is 1140. The largest absolute Gasteiger partial charge is 0.480 e. The number of carboxylic acids is 1. The van der Waals surface area contributed by atoms with Crippen LogP contribution in [0.25, 0.3) is 0 Å². The minimum atomic E-state index is -1.15. The van der Waals surface area contributed by atoms with Crippen molar-refractivity contribution in [1.29, 1.82) is 0 Å². The third-order valence-corrected chi connectivity index (χ3v) is 10.7. The number of oxime groups is 1. The van der Waals surface area contributed by atoms with Crippen LogP contribution in [0.4, 0.5) is 0 Å². The first-order valence-electron chi connectivity index (χ1n) is 14.7. The molecule has 0 radical (unpaired) electrons. The zero-order valence-corrected chi connectivity index (χ0v) is 24.5. The maximum absolute atomic E-state index is 12.5. The number of hydrogen-bond acceptors (Lipinski definition) is 6. The lowest BCUT2D eigenvalue weighted by atomic mass is 9.46. The number of amides is 2. The highest BCUT2D eigenvalue weighted by Gasteiger charge is 2.63. The van der Waals surface area contributed by atoms with Crippen molar-refractivity contribution in [2.75, 3.05) is 6.61 Å². The smallest absolute Gasteiger partial charge is 0.325 e. The summed E-state index contributed by atoms with van der Waals surface area (Å²) in [5.41, 5.74) is 1.09. The van der Waals surface area contributed by atoms with E-state index in [2.05, 4.69) is 41.6 Å². The van der Waals surface area contributed by atoms with Crippen LogP contribution in [-0.2, 0) is 19.2 Å². The number of rotatable bonds is 8. The molecule has 0 bridgehead atoms. The molecule has 2 amide bonds. The number of nitrogens with one attached hydrogen (secondary N) is 2. The highest BCUT2D eigenvalue weighted by molar-refractivity contribution is 5.96. The predicted molar refractivity (Wildman–Crippen MR) is 151 cm³/mol. The molecule has 220 valence electrons. The van der Waals surface area contributed by atoms with Gasteiger partial charge in [0.1, 0.15) is 17.7 Å². The number of allylic oxidation sites excluding steroid dienone is 2. The lowest BCUT2D eigenvalue weighted by molar-refractivity contribution is -0.142. The van der Waals surface area contributed by atoms with E-state index in [1.54, 1.807) is 13.8 Å². The summed E-state index contributed by atoms with van der Waals surface area (Å²) in [5.74, 6) is 1.88. The van der Waals surface area contributed by atoms with Gasteiger partial charge in [-0.1, -0.05) is 44.3 Å². The Balaban J connectivity index is 1.36. The Morgan fingerprint density at radius 1 is 1.10 bits per heavy atom. The van der Waals surface area contributed by atoms with Crippen molar-refractivity contribution < 1.29 is 29.4 Å². The van der Waals surface area contributed by atoms with Gasteiger partial charge in [-0.2, -0.15) is 0 Å². The summed E-state index contributed by atoms with van der Waals surface area (Å²) in [6, 6.07) is -1.94. The molecular weight excluding hydrogens is 510 g/mol. The van der Waals surface area contributed by atoms with Crippen LogP contribution in [0.1, 0.15) is 86.0 Å². The van der Waals surface area contributed by atoms with Gasteiger partial charge < -0.3 is 25.7 Å². The molecule has 0 saturated heterocycles. The van der Waals surface area contributed by atoms with Crippen LogP contribution >= 0.6 is 0 Å². The van der Waals surface area contributed by atoms with Crippen LogP contribution in [0.5, 0.6) is 0 Å². The fraction of sp³-hybridized carbons (Fsp3) is 0.742. The van der Waals surface area contributed by atoms with Crippen molar-refractivity contribution in [3.05, 3.63) is 11.6 Å². The number of aliphatic hydroxyl groups is 1. The molecule has 4 aliphatic carbocycles. The predicted octanol–water partition coefficient (Wildman–Crippen LogP) is 3.42. The van der Waals surface area contributed by atoms with Gasteiger partial charge in [-0.3, -0.25) is 14.4 Å². The molecule has 8 atom stereocenters. The number of carbonyl (C=O) groups is 3. The van der Waals surface area contributed by atoms with Gasteiger partial charge in [-0.05, 0) is 93.5 Å². The van der Waals surface area contributed by atoms with E-state index in [9.17, 15) is 19.5 Å². The number of hydrogen-bond donors (Lipinski definition) is 4. The van der Waals surface area contributed by atoms with Crippen molar-refractivity contribution in [3.63, 3.8) is 0 Å². The Labute approximate surface area is 237 Å². The third kappa shape index (κ3) is 5.27. The van der Waals surface area contributed by atoms with Gasteiger partial charge in [0, 0.05) is 5.41 Å². The monoisotopic (exact) mass is 555 g/mol. The number of carbonyl (C=O) groups excluding carboxylic acids is 2. The second kappa shape index (κ2) is 11.2. The summed E-state index contributed by atoms with van der Waals surface area (Å²) in [6.07, 6.45) is 15.5. The molecule has 3 saturated carbocycles. The third-order valence-electron chi connectivity index (χ3n) is 10.7. The van der Waals surface area contributed by atoms with Crippen LogP contribution in [0.15, 0.2) is 16.8 Å². The number of terminal acetylenes is 1. The molecule has 3 fully saturated rings. The number of nitrogens with zero attached hydrogens (tertiary/aromatic N) is 1. The molecule has 4 N–H and O–H groups in total. The van der Waals surface area contributed by atoms with Crippen molar-refractivity contribution in [3.8, 4) is 12.3 Å². The molecule has 0 aromatic carbocycles. The van der Waals surface area contributed by atoms with Gasteiger partial charge in [0.25, 0.3) is 5.91 Å². The highest BCUT2D eigenvalue weighted by Crippen LogP contribution is 2.67. The van der Waals surface area contributed by atoms with Gasteiger partial charge in [0.05, 0.1) is 5.71 Å². The van der Waals surface area contributed by atoms with Crippen LogP contribution < -0.4 is 10.6 Å². The van der Waals surface area contributed by atoms with Crippen molar-refractivity contribution in [1.82, 2.24) is 10.6 Å². The molecule has 0 aromatic heterocycles. The lowest BCUT2D eigenvalue weighted by Gasteiger charge is -2.58. The quantitative estimate of drug-likeness (QED) is 0.268. The molecule has 0 aromatic rings. The fourth-order valence-electron chi connectivity index (χ4n) is 8.18. The molecule has 4 aliphatic rings. The Kier molecular flexibility index (Phi) is 8.43. The van der Waals surface area contributed by atoms with E-state index in [4.69, 9.17) is 16.4 Å². The summed E-state index contributed by atoms with van der Waals surface area (Å²) >= 11 is 0. The van der Waals surface area contributed by atoms with E-state index >= 15 is 0 Å². The number of aliphatic carboxylic acids is 1. The molecule has 40 heavy (non-hydrogen) atoms. The second-order valence-corrected chi connectivity index (χ2v) is 13.2. The Morgan fingerprint density at radius 2 is 1.80 bits per heavy atom. The van der Waals surface area contributed by atoms with E-state index in [1.807, 2.05) is 0 Å². The first-order chi connectivity index (χ1) is 18.8. The minimum Gasteiger partial charge on any atom is -0.480 e. The maximum Gasteiger partial charge on any atom is 0.325 e. The lowest BCUT2D eigenvalue weighted by Crippen LogP contribution is -2.54. The number of carboxylic acid groups (broad SMARTS) is 1. The molecule has 9 nitrogen and oxygen atoms in total. The zero-order valence-electron chi connectivity index (χ0n) is 24.5. The van der Waals surface area contributed by atoms with Crippen LogP contribution in [0.3, 0.4) is 0 Å². The van der Waals surface area contributed by atoms with Crippen molar-refractivity contribution >= 4 is 23.5 Å². The summed E-state index contributed by atoms with van der Waals surface area (Å²) in [5, 5.41) is 29.5. The van der Waals surface area contributed by atoms with Crippen LogP contribution in [0.2, 0.25) is 0 Å². The molecule has 0 heterocycles. The molecule has 0 aliphatic heterocycles. The molecule has 0 spiro atoms. The molecule has 0 unspecified atom stereocenters. The molecule has 4 rings (SSSR count). The number of fused-ring (bicyclic) bond motifs is 5. The Morgan fingerprint density at radius 3 is 2.45 bits per heavy atom. The van der Waals surface area contributed by atoms with Gasteiger partial charge in [0.2, 0.25) is 5.91 Å². The van der Waals surface area contributed by atoms with E-state index < -0.39 is 35.5 Å². The summed E-state index contributed by atoms with van der Waals surface area (Å²) in [7, 11) is 0. The van der Waals surface area contributed by atoms with E-state index in [0.717, 1.165) is 50.7 Å². The SMILES string of the molecule is C#C[C@@]1(O)CC[C@@H]2[C@@H]3CCC4=C/C(=N/OCC(=O)N[C@@H](C(=O)N[C@H](C)C(=O)O)C(C)C)CC[C@]4(C)[C@@H]3CC[C@@]21C. The van der Waals surface area contributed by atoms with Gasteiger partial charge >= 0.3 is 5.97 Å². The van der Waals surface area contributed by atoms with Crippen LogP contribution in [-0.4, -0.2) is 58.0 Å². The standard InChI is InChI=1S/C31H45N3O6/c1-7-31(39)15-12-24-22-9-8-20-16-21(10-13-29(20,5)23(22)11-14-30(24,31)6)34-40-17-25(35)33-26(18(2)3)27(36)32-19(4)28(37)38/h1,16,18-19,22-24,26,39H,8-15,17H2,2-6H3,(H,32,36)(H,33,35)(H,37,38)/b34-21+/t19-,22-,23-,24-,26-,29+,30+,31-/m1/s1. The van der Waals surface area contributed by atoms with E-state index in [1.165, 1.54) is 12.5 Å². The summed E-state index contributed by atoms with van der Waals surface area (Å²) in [4.78, 5) is 41.4. The molecule has 9 heteroatoms. The topological polar surface area (TPSA) is 137 Å². The van der Waals surface area contributed by atoms with Crippen molar-refractivity contribution in [2.45, 2.75) is 104 Å². The van der Waals surface area contributed by atoms with E-state index in [-0.39, 0.29) is 23.4 Å². The zero-order chi connectivity index (χ0) is 29.5. The first-order valence-corrected chi connectivity index (χ1v) is 14.7. The second-order valence-electron chi connectivity index (χ2n) is 13.2. The first kappa shape index (κ1) is 30.1. The summed E-state index contributed by atoms with van der Waals surface area (Å²) < 4.78 is 0. The average molecular weight is 556 g/mol. The normalized spacial score (nSPS) is 37.2. The van der Waals surface area contributed by atoms with Gasteiger partial charge in [-0.15, -0.1) is 6.42 Å². The van der Waals surface area contributed by atoms with E-state index in [0.29, 0.717) is 24.2 Å². The maximum atomic E-state index is 12.5. The fourth-order valence-corrected chi connectivity index (χ4v) is 8.18. The minimum absolute atomic E-state index is 0.0857. The van der Waals surface area contributed by atoms with Gasteiger partial charge in [0.15, 0.2) is 6.61 Å². The van der Waals surface area contributed by atoms with Crippen LogP contribution in [0, 0.1) is 46.8 Å². The van der Waals surface area contributed by atoms with Crippen molar-refractivity contribution in [2.24, 2.45) is 39.7 Å². The summed E-state index contributed by atoms with van der Waals surface area (Å²) in [6.45, 7) is 9.16. The average Bonchev–Trinajstić information content (AvgIpc) is 3.18. The highest BCUT2D eigenvalue weighted by atomic mass is 16.6. The van der Waals surface area contributed by atoms with Gasteiger partial charge in [-0.25, -0.2) is 0 Å². The Hall–Kier alpha value is -2.86.